The Morgan fingerprint density at radius 2 is 1.62 bits per heavy atom. The molecule has 0 unspecified atom stereocenters. The monoisotopic (exact) mass is 224 g/mol. The van der Waals surface area contributed by atoms with Crippen LogP contribution in [-0.2, 0) is 0 Å². The van der Waals surface area contributed by atoms with Crippen molar-refractivity contribution in [2.24, 2.45) is 0 Å². The van der Waals surface area contributed by atoms with Gasteiger partial charge in [0.2, 0.25) is 0 Å². The van der Waals surface area contributed by atoms with Crippen molar-refractivity contribution in [1.82, 2.24) is 10.2 Å². The third kappa shape index (κ3) is 2.89. The molecule has 2 aliphatic rings. The van der Waals surface area contributed by atoms with Gasteiger partial charge in [0.25, 0.3) is 0 Å². The summed E-state index contributed by atoms with van der Waals surface area (Å²) in [7, 11) is 1.96. The molecule has 2 saturated carbocycles. The molecule has 2 amide bonds. The predicted molar refractivity (Wildman–Crippen MR) is 65.4 cm³/mol. The lowest BCUT2D eigenvalue weighted by atomic mass is 9.93. The van der Waals surface area contributed by atoms with Crippen LogP contribution in [-0.4, -0.2) is 30.1 Å². The zero-order valence-electron chi connectivity index (χ0n) is 10.4. The Bertz CT molecular complexity index is 230. The van der Waals surface area contributed by atoms with E-state index in [4.69, 9.17) is 0 Å². The van der Waals surface area contributed by atoms with E-state index in [1.54, 1.807) is 0 Å². The molecule has 3 heteroatoms. The zero-order valence-corrected chi connectivity index (χ0v) is 10.4. The average molecular weight is 224 g/mol. The van der Waals surface area contributed by atoms with E-state index >= 15 is 0 Å². The van der Waals surface area contributed by atoms with Crippen LogP contribution in [0.1, 0.15) is 57.8 Å². The lowest BCUT2D eigenvalue weighted by Crippen LogP contribution is -2.49. The summed E-state index contributed by atoms with van der Waals surface area (Å²) in [6.07, 6.45) is 11.2. The highest BCUT2D eigenvalue weighted by atomic mass is 16.2. The third-order valence-corrected chi connectivity index (χ3v) is 4.13. The Morgan fingerprint density at radius 3 is 2.12 bits per heavy atom. The fourth-order valence-electron chi connectivity index (χ4n) is 2.64. The van der Waals surface area contributed by atoms with E-state index in [1.807, 2.05) is 11.9 Å². The summed E-state index contributed by atoms with van der Waals surface area (Å²) in [6.45, 7) is 0. The van der Waals surface area contributed by atoms with Gasteiger partial charge in [0, 0.05) is 19.1 Å². The van der Waals surface area contributed by atoms with Gasteiger partial charge in [0.05, 0.1) is 0 Å². The maximum atomic E-state index is 12.0. The Balaban J connectivity index is 1.79. The van der Waals surface area contributed by atoms with Crippen LogP contribution in [0.5, 0.6) is 0 Å². The van der Waals surface area contributed by atoms with E-state index in [1.165, 1.54) is 57.8 Å². The number of hydrogen-bond acceptors (Lipinski definition) is 1. The molecule has 0 aromatic carbocycles. The van der Waals surface area contributed by atoms with E-state index in [0.717, 1.165) is 0 Å². The Kier molecular flexibility index (Phi) is 4.08. The van der Waals surface area contributed by atoms with Crippen LogP contribution >= 0.6 is 0 Å². The van der Waals surface area contributed by atoms with E-state index < -0.39 is 0 Å². The molecular formula is C13H24N2O. The van der Waals surface area contributed by atoms with E-state index in [0.29, 0.717) is 12.1 Å². The van der Waals surface area contributed by atoms with Crippen LogP contribution in [0.3, 0.4) is 0 Å². The lowest BCUT2D eigenvalue weighted by Gasteiger charge is -2.32. The summed E-state index contributed by atoms with van der Waals surface area (Å²) in [6, 6.07) is 1.08. The van der Waals surface area contributed by atoms with Gasteiger partial charge in [-0.25, -0.2) is 4.79 Å². The zero-order chi connectivity index (χ0) is 11.4. The van der Waals surface area contributed by atoms with E-state index in [9.17, 15) is 4.79 Å². The number of nitrogens with one attached hydrogen (secondary N) is 1. The molecule has 0 aromatic rings. The summed E-state index contributed by atoms with van der Waals surface area (Å²) in [5, 5.41) is 3.12. The summed E-state index contributed by atoms with van der Waals surface area (Å²) in [5.74, 6) is 0. The Morgan fingerprint density at radius 1 is 1.00 bits per heavy atom. The number of hydrogen-bond donors (Lipinski definition) is 1. The third-order valence-electron chi connectivity index (χ3n) is 4.13. The van der Waals surface area contributed by atoms with Crippen LogP contribution in [0.25, 0.3) is 0 Å². The second-order valence-corrected chi connectivity index (χ2v) is 5.33. The molecule has 3 nitrogen and oxygen atoms in total. The molecular weight excluding hydrogens is 200 g/mol. The fourth-order valence-corrected chi connectivity index (χ4v) is 2.64. The minimum absolute atomic E-state index is 0.150. The molecule has 0 atom stereocenters. The van der Waals surface area contributed by atoms with Crippen LogP contribution < -0.4 is 5.32 Å². The summed E-state index contributed by atoms with van der Waals surface area (Å²) >= 11 is 0. The van der Waals surface area contributed by atoms with E-state index in [2.05, 4.69) is 5.32 Å². The van der Waals surface area contributed by atoms with Gasteiger partial charge >= 0.3 is 6.03 Å². The van der Waals surface area contributed by atoms with Gasteiger partial charge in [-0.05, 0) is 32.1 Å². The molecule has 0 aliphatic heterocycles. The van der Waals surface area contributed by atoms with Crippen molar-refractivity contribution in [3.05, 3.63) is 0 Å². The fraction of sp³-hybridized carbons (Fsp3) is 0.923. The maximum absolute atomic E-state index is 12.0. The first kappa shape index (κ1) is 11.7. The van der Waals surface area contributed by atoms with Gasteiger partial charge < -0.3 is 10.2 Å². The van der Waals surface area contributed by atoms with Gasteiger partial charge in [-0.2, -0.15) is 0 Å². The summed E-state index contributed by atoms with van der Waals surface area (Å²) in [5.41, 5.74) is 0. The summed E-state index contributed by atoms with van der Waals surface area (Å²) in [4.78, 5) is 13.9. The minimum atomic E-state index is 0.150. The molecule has 0 spiro atoms. The Hall–Kier alpha value is -0.730. The number of rotatable bonds is 2. The van der Waals surface area contributed by atoms with Gasteiger partial charge in [-0.15, -0.1) is 0 Å². The SMILES string of the molecule is CN(C(=O)NC1CCC1)C1CCCCCC1. The van der Waals surface area contributed by atoms with Gasteiger partial charge in [-0.3, -0.25) is 0 Å². The summed E-state index contributed by atoms with van der Waals surface area (Å²) < 4.78 is 0. The van der Waals surface area contributed by atoms with Crippen molar-refractivity contribution in [2.75, 3.05) is 7.05 Å². The van der Waals surface area contributed by atoms with Crippen molar-refractivity contribution in [3.63, 3.8) is 0 Å². The highest BCUT2D eigenvalue weighted by Crippen LogP contribution is 2.22. The largest absolute Gasteiger partial charge is 0.335 e. The average Bonchev–Trinajstić information content (AvgIpc) is 2.50. The number of nitrogens with zero attached hydrogens (tertiary/aromatic N) is 1. The molecule has 0 radical (unpaired) electrons. The van der Waals surface area contributed by atoms with Crippen molar-refractivity contribution in [1.29, 1.82) is 0 Å². The minimum Gasteiger partial charge on any atom is -0.335 e. The van der Waals surface area contributed by atoms with Crippen LogP contribution in [0, 0.1) is 0 Å². The predicted octanol–water partition coefficient (Wildman–Crippen LogP) is 2.90. The number of carbonyl (C=O) groups excluding carboxylic acids is 1. The van der Waals surface area contributed by atoms with Gasteiger partial charge in [0.1, 0.15) is 0 Å². The van der Waals surface area contributed by atoms with Crippen molar-refractivity contribution >= 4 is 6.03 Å². The van der Waals surface area contributed by atoms with Gasteiger partial charge in [0.15, 0.2) is 0 Å². The van der Waals surface area contributed by atoms with Gasteiger partial charge in [-0.1, -0.05) is 25.7 Å². The second kappa shape index (κ2) is 5.55. The molecule has 92 valence electrons. The maximum Gasteiger partial charge on any atom is 0.317 e. The topological polar surface area (TPSA) is 32.3 Å². The molecule has 0 heterocycles. The van der Waals surface area contributed by atoms with Crippen LogP contribution in [0.4, 0.5) is 4.79 Å². The first-order chi connectivity index (χ1) is 7.77. The number of carbonyl (C=O) groups is 1. The number of urea groups is 1. The standard InChI is InChI=1S/C13H24N2O/c1-15(12-9-4-2-3-5-10-12)13(16)14-11-7-6-8-11/h11-12H,2-10H2,1H3,(H,14,16). The molecule has 0 saturated heterocycles. The van der Waals surface area contributed by atoms with E-state index in [-0.39, 0.29) is 6.03 Å². The van der Waals surface area contributed by atoms with Crippen LogP contribution in [0.15, 0.2) is 0 Å². The van der Waals surface area contributed by atoms with Crippen LogP contribution in [0.2, 0.25) is 0 Å². The number of amides is 2. The Labute approximate surface area is 98.6 Å². The van der Waals surface area contributed by atoms with Crippen molar-refractivity contribution in [2.45, 2.75) is 69.9 Å². The lowest BCUT2D eigenvalue weighted by molar-refractivity contribution is 0.173. The molecule has 0 aromatic heterocycles. The first-order valence-electron chi connectivity index (χ1n) is 6.80. The quantitative estimate of drug-likeness (QED) is 0.719. The molecule has 1 N–H and O–H groups in total. The second-order valence-electron chi connectivity index (χ2n) is 5.33. The first-order valence-corrected chi connectivity index (χ1v) is 6.80. The molecule has 0 bridgehead atoms. The normalized spacial score (nSPS) is 23.3. The molecule has 16 heavy (non-hydrogen) atoms. The smallest absolute Gasteiger partial charge is 0.317 e. The molecule has 2 rings (SSSR count). The highest BCUT2D eigenvalue weighted by Gasteiger charge is 2.25. The van der Waals surface area contributed by atoms with Crippen molar-refractivity contribution in [3.8, 4) is 0 Å². The van der Waals surface area contributed by atoms with Crippen molar-refractivity contribution < 1.29 is 4.79 Å². The highest BCUT2D eigenvalue weighted by molar-refractivity contribution is 5.74. The molecule has 2 fully saturated rings. The molecule has 2 aliphatic carbocycles.